The monoisotopic (exact) mass is 701 g/mol. The van der Waals surface area contributed by atoms with Crippen LogP contribution >= 0.6 is 0 Å². The van der Waals surface area contributed by atoms with Crippen molar-refractivity contribution in [1.29, 1.82) is 0 Å². The molecular formula is C47H72O4. The summed E-state index contributed by atoms with van der Waals surface area (Å²) in [5.41, 5.74) is 3.61. The zero-order chi connectivity index (χ0) is 36.1. The van der Waals surface area contributed by atoms with Crippen LogP contribution in [0.2, 0.25) is 0 Å². The Hall–Kier alpha value is -2.62. The van der Waals surface area contributed by atoms with Crippen LogP contribution in [0.4, 0.5) is 0 Å². The molecule has 0 amide bonds. The lowest BCUT2D eigenvalue weighted by Gasteiger charge is -2.28. The van der Waals surface area contributed by atoms with Crippen molar-refractivity contribution in [3.8, 4) is 0 Å². The minimum Gasteiger partial charge on any atom is -0.458 e. The molecule has 0 N–H and O–H groups in total. The van der Waals surface area contributed by atoms with Gasteiger partial charge in [0.2, 0.25) is 0 Å². The highest BCUT2D eigenvalue weighted by atomic mass is 16.6. The van der Waals surface area contributed by atoms with Gasteiger partial charge in [0.25, 0.3) is 0 Å². The number of hydrogen-bond acceptors (Lipinski definition) is 4. The van der Waals surface area contributed by atoms with Crippen molar-refractivity contribution in [3.63, 3.8) is 0 Å². The highest BCUT2D eigenvalue weighted by Crippen LogP contribution is 2.35. The molecule has 0 spiro atoms. The van der Waals surface area contributed by atoms with E-state index in [1.807, 2.05) is 48.5 Å². The lowest BCUT2D eigenvalue weighted by atomic mass is 9.78. The zero-order valence-corrected chi connectivity index (χ0v) is 32.8. The number of hydrogen-bond donors (Lipinski definition) is 0. The fourth-order valence-corrected chi connectivity index (χ4v) is 8.68. The van der Waals surface area contributed by atoms with Gasteiger partial charge in [-0.15, -0.1) is 0 Å². The van der Waals surface area contributed by atoms with E-state index in [0.717, 1.165) is 36.5 Å². The standard InChI is InChI=1S/C47H72O4/c1-4-6-8-14-38-20-24-40(25-21-38)16-10-12-18-42-28-32-44(33-29-42)46(48)50-36-37(3)51-47(49)45-34-30-43(31-35-45)19-13-11-17-41-26-22-39(23-27-41)15-9-7-5-2/h28-35,37-41H,4-27,36H2,1-3H3. The predicted octanol–water partition coefficient (Wildman–Crippen LogP) is 13.3. The second-order valence-corrected chi connectivity index (χ2v) is 16.5. The number of benzene rings is 2. The van der Waals surface area contributed by atoms with Gasteiger partial charge in [0.05, 0.1) is 11.1 Å². The van der Waals surface area contributed by atoms with Crippen LogP contribution < -0.4 is 0 Å². The lowest BCUT2D eigenvalue weighted by molar-refractivity contribution is 0.00448. The maximum Gasteiger partial charge on any atom is 0.338 e. The summed E-state index contributed by atoms with van der Waals surface area (Å²) in [6.07, 6.45) is 32.0. The molecule has 51 heavy (non-hydrogen) atoms. The first-order valence-electron chi connectivity index (χ1n) is 21.5. The van der Waals surface area contributed by atoms with E-state index in [1.165, 1.54) is 152 Å². The maximum atomic E-state index is 12.7. The minimum absolute atomic E-state index is 0.0333. The summed E-state index contributed by atoms with van der Waals surface area (Å²) in [6, 6.07) is 15.6. The smallest absolute Gasteiger partial charge is 0.338 e. The third-order valence-electron chi connectivity index (χ3n) is 12.2. The van der Waals surface area contributed by atoms with Crippen molar-refractivity contribution in [2.45, 2.75) is 181 Å². The molecule has 0 bridgehead atoms. The molecule has 0 radical (unpaired) electrons. The molecule has 0 aliphatic heterocycles. The van der Waals surface area contributed by atoms with Gasteiger partial charge in [0.1, 0.15) is 12.7 Å². The number of carbonyl (C=O) groups is 2. The molecule has 2 aliphatic carbocycles. The molecule has 4 nitrogen and oxygen atoms in total. The Kier molecular flexibility index (Phi) is 19.2. The van der Waals surface area contributed by atoms with Gasteiger partial charge >= 0.3 is 11.9 Å². The van der Waals surface area contributed by atoms with Crippen molar-refractivity contribution in [3.05, 3.63) is 70.8 Å². The van der Waals surface area contributed by atoms with Crippen molar-refractivity contribution in [1.82, 2.24) is 0 Å². The fourth-order valence-electron chi connectivity index (χ4n) is 8.68. The van der Waals surface area contributed by atoms with Crippen molar-refractivity contribution in [2.75, 3.05) is 6.61 Å². The largest absolute Gasteiger partial charge is 0.458 e. The molecule has 2 fully saturated rings. The molecular weight excluding hydrogens is 629 g/mol. The van der Waals surface area contributed by atoms with E-state index in [1.54, 1.807) is 6.92 Å². The summed E-state index contributed by atoms with van der Waals surface area (Å²) < 4.78 is 11.1. The topological polar surface area (TPSA) is 52.6 Å². The summed E-state index contributed by atoms with van der Waals surface area (Å²) in [6.45, 7) is 6.39. The van der Waals surface area contributed by atoms with Crippen LogP contribution in [0.1, 0.15) is 194 Å². The third-order valence-corrected chi connectivity index (χ3v) is 12.2. The zero-order valence-electron chi connectivity index (χ0n) is 32.8. The first kappa shape index (κ1) is 41.1. The fraction of sp³-hybridized carbons (Fsp3) is 0.702. The van der Waals surface area contributed by atoms with Crippen LogP contribution in [-0.2, 0) is 22.3 Å². The Labute approximate surface area is 312 Å². The minimum atomic E-state index is -0.525. The third kappa shape index (κ3) is 15.9. The number of esters is 2. The SMILES string of the molecule is CCCCCC1CCC(CCCCc2ccc(C(=O)OCC(C)OC(=O)c3ccc(CCCCC4CCC(CCCCC)CC4)cc3)cc2)CC1. The van der Waals surface area contributed by atoms with E-state index in [4.69, 9.17) is 9.47 Å². The average molecular weight is 701 g/mol. The Balaban J connectivity index is 1.03. The molecule has 0 aromatic heterocycles. The summed E-state index contributed by atoms with van der Waals surface area (Å²) in [5, 5.41) is 0. The maximum absolute atomic E-state index is 12.7. The molecule has 2 saturated carbocycles. The van der Waals surface area contributed by atoms with Gasteiger partial charge in [-0.25, -0.2) is 9.59 Å². The van der Waals surface area contributed by atoms with E-state index in [2.05, 4.69) is 13.8 Å². The van der Waals surface area contributed by atoms with Crippen LogP contribution in [-0.4, -0.2) is 24.6 Å². The molecule has 1 unspecified atom stereocenters. The normalized spacial score (nSPS) is 21.2. The van der Waals surface area contributed by atoms with E-state index < -0.39 is 6.10 Å². The number of ether oxygens (including phenoxy) is 2. The number of rotatable bonds is 23. The summed E-state index contributed by atoms with van der Waals surface area (Å²) in [5.74, 6) is 3.07. The van der Waals surface area contributed by atoms with Crippen LogP contribution in [0.3, 0.4) is 0 Å². The Morgan fingerprint density at radius 1 is 0.529 bits per heavy atom. The van der Waals surface area contributed by atoms with Gasteiger partial charge in [-0.3, -0.25) is 0 Å². The quantitative estimate of drug-likeness (QED) is 0.0855. The second kappa shape index (κ2) is 23.8. The molecule has 0 saturated heterocycles. The van der Waals surface area contributed by atoms with Crippen molar-refractivity contribution < 1.29 is 19.1 Å². The Bertz CT molecular complexity index is 1220. The van der Waals surface area contributed by atoms with E-state index in [9.17, 15) is 9.59 Å². The Morgan fingerprint density at radius 2 is 0.882 bits per heavy atom. The molecule has 1 atom stereocenters. The van der Waals surface area contributed by atoms with Gasteiger partial charge in [-0.05, 0) is 91.7 Å². The summed E-state index contributed by atoms with van der Waals surface area (Å²) >= 11 is 0. The molecule has 0 heterocycles. The second-order valence-electron chi connectivity index (χ2n) is 16.5. The van der Waals surface area contributed by atoms with Crippen LogP contribution in [0.5, 0.6) is 0 Å². The molecule has 2 aromatic rings. The first-order chi connectivity index (χ1) is 24.9. The van der Waals surface area contributed by atoms with Gasteiger partial charge in [0.15, 0.2) is 0 Å². The molecule has 2 aromatic carbocycles. The van der Waals surface area contributed by atoms with Gasteiger partial charge in [0, 0.05) is 0 Å². The number of unbranched alkanes of at least 4 members (excludes halogenated alkanes) is 6. The highest BCUT2D eigenvalue weighted by Gasteiger charge is 2.22. The van der Waals surface area contributed by atoms with Gasteiger partial charge in [-0.2, -0.15) is 0 Å². The molecule has 284 valence electrons. The summed E-state index contributed by atoms with van der Waals surface area (Å²) in [4.78, 5) is 25.4. The van der Waals surface area contributed by atoms with Gasteiger partial charge in [-0.1, -0.05) is 167 Å². The lowest BCUT2D eigenvalue weighted by Crippen LogP contribution is -2.22. The predicted molar refractivity (Wildman–Crippen MR) is 212 cm³/mol. The van der Waals surface area contributed by atoms with Crippen molar-refractivity contribution >= 4 is 11.9 Å². The van der Waals surface area contributed by atoms with Crippen LogP contribution in [0.25, 0.3) is 0 Å². The molecule has 4 rings (SSSR count). The van der Waals surface area contributed by atoms with E-state index >= 15 is 0 Å². The first-order valence-corrected chi connectivity index (χ1v) is 21.5. The van der Waals surface area contributed by atoms with Crippen LogP contribution in [0, 0.1) is 23.7 Å². The van der Waals surface area contributed by atoms with Crippen molar-refractivity contribution in [2.24, 2.45) is 23.7 Å². The number of carbonyl (C=O) groups excluding carboxylic acids is 2. The van der Waals surface area contributed by atoms with Crippen LogP contribution in [0.15, 0.2) is 48.5 Å². The van der Waals surface area contributed by atoms with E-state index in [-0.39, 0.29) is 18.5 Å². The molecule has 4 heteroatoms. The Morgan fingerprint density at radius 3 is 1.25 bits per heavy atom. The average Bonchev–Trinajstić information content (AvgIpc) is 3.16. The number of aryl methyl sites for hydroxylation is 2. The molecule has 2 aliphatic rings. The highest BCUT2D eigenvalue weighted by molar-refractivity contribution is 5.90. The van der Waals surface area contributed by atoms with E-state index in [0.29, 0.717) is 11.1 Å². The summed E-state index contributed by atoms with van der Waals surface area (Å²) in [7, 11) is 0. The van der Waals surface area contributed by atoms with Gasteiger partial charge < -0.3 is 9.47 Å².